The zero-order valence-corrected chi connectivity index (χ0v) is 21.7. The van der Waals surface area contributed by atoms with Crippen molar-refractivity contribution in [2.75, 3.05) is 40.0 Å². The third-order valence-electron chi connectivity index (χ3n) is 6.75. The minimum atomic E-state index is -0.791. The number of benzene rings is 1. The van der Waals surface area contributed by atoms with Gasteiger partial charge in [0.15, 0.2) is 0 Å². The molecule has 3 unspecified atom stereocenters. The van der Waals surface area contributed by atoms with E-state index in [0.29, 0.717) is 50.5 Å². The molecule has 0 aromatic heterocycles. The molecule has 2 amide bonds. The largest absolute Gasteiger partial charge is 0.493 e. The van der Waals surface area contributed by atoms with Crippen LogP contribution in [0.5, 0.6) is 5.75 Å². The lowest BCUT2D eigenvalue weighted by Gasteiger charge is -2.30. The summed E-state index contributed by atoms with van der Waals surface area (Å²) >= 11 is 0. The Morgan fingerprint density at radius 1 is 1.17 bits per heavy atom. The summed E-state index contributed by atoms with van der Waals surface area (Å²) in [5.74, 6) is 0.831. The quantitative estimate of drug-likeness (QED) is 0.325. The number of carbonyl (C=O) groups excluding carboxylic acids is 2. The number of rotatable bonds is 15. The van der Waals surface area contributed by atoms with E-state index >= 15 is 0 Å². The zero-order chi connectivity index (χ0) is 25.6. The zero-order valence-electron chi connectivity index (χ0n) is 21.7. The first-order chi connectivity index (χ1) is 16.8. The first kappa shape index (κ1) is 29.1. The molecule has 8 heteroatoms. The lowest BCUT2D eigenvalue weighted by molar-refractivity contribution is -0.132. The topological polar surface area (TPSA) is 114 Å². The normalized spacial score (nSPS) is 17.1. The number of amides is 2. The molecule has 1 aliphatic rings. The van der Waals surface area contributed by atoms with Crippen molar-refractivity contribution in [3.05, 3.63) is 29.8 Å². The van der Waals surface area contributed by atoms with Gasteiger partial charge in [0.05, 0.1) is 18.3 Å². The van der Waals surface area contributed by atoms with Crippen molar-refractivity contribution in [2.24, 2.45) is 17.6 Å². The number of aliphatic hydroxyl groups excluding tert-OH is 1. The molecule has 4 N–H and O–H groups in total. The molecule has 1 aliphatic heterocycles. The third-order valence-corrected chi connectivity index (χ3v) is 6.75. The van der Waals surface area contributed by atoms with Crippen molar-refractivity contribution in [3.8, 4) is 5.75 Å². The molecule has 1 fully saturated rings. The Bertz CT molecular complexity index is 773. The summed E-state index contributed by atoms with van der Waals surface area (Å²) in [6.45, 7) is 6.78. The number of nitrogens with two attached hydrogens (primary N) is 1. The summed E-state index contributed by atoms with van der Waals surface area (Å²) in [4.78, 5) is 27.0. The number of hydrogen-bond donors (Lipinski definition) is 3. The van der Waals surface area contributed by atoms with Crippen LogP contribution < -0.4 is 15.8 Å². The Labute approximate surface area is 210 Å². The van der Waals surface area contributed by atoms with E-state index in [9.17, 15) is 14.7 Å². The molecule has 0 bridgehead atoms. The van der Waals surface area contributed by atoms with E-state index in [-0.39, 0.29) is 30.2 Å². The van der Waals surface area contributed by atoms with Crippen molar-refractivity contribution in [1.82, 2.24) is 10.2 Å². The van der Waals surface area contributed by atoms with Crippen LogP contribution in [-0.2, 0) is 9.53 Å². The van der Waals surface area contributed by atoms with E-state index in [1.54, 1.807) is 18.1 Å². The fourth-order valence-corrected chi connectivity index (χ4v) is 4.32. The molecule has 1 aromatic rings. The lowest BCUT2D eigenvalue weighted by Crippen LogP contribution is -2.47. The van der Waals surface area contributed by atoms with Gasteiger partial charge < -0.3 is 30.5 Å². The van der Waals surface area contributed by atoms with Crippen LogP contribution >= 0.6 is 0 Å². The number of nitrogens with zero attached hydrogens (tertiary/aromatic N) is 1. The summed E-state index contributed by atoms with van der Waals surface area (Å²) in [6.07, 6.45) is 4.98. The third kappa shape index (κ3) is 10.2. The van der Waals surface area contributed by atoms with Crippen LogP contribution in [0.15, 0.2) is 24.3 Å². The second-order valence-electron chi connectivity index (χ2n) is 9.88. The molecule has 0 saturated carbocycles. The first-order valence-corrected chi connectivity index (χ1v) is 13.0. The van der Waals surface area contributed by atoms with E-state index in [0.717, 1.165) is 32.1 Å². The molecule has 1 heterocycles. The van der Waals surface area contributed by atoms with Gasteiger partial charge in [0.25, 0.3) is 5.91 Å². The molecule has 1 saturated heterocycles. The van der Waals surface area contributed by atoms with Crippen LogP contribution in [0.25, 0.3) is 0 Å². The fraction of sp³-hybridized carbons (Fsp3) is 0.704. The Morgan fingerprint density at radius 2 is 1.91 bits per heavy atom. The summed E-state index contributed by atoms with van der Waals surface area (Å²) < 4.78 is 10.9. The Kier molecular flexibility index (Phi) is 13.1. The molecule has 2 rings (SSSR count). The minimum absolute atomic E-state index is 0.0885. The fourth-order valence-electron chi connectivity index (χ4n) is 4.32. The highest BCUT2D eigenvalue weighted by Gasteiger charge is 2.27. The van der Waals surface area contributed by atoms with Crippen LogP contribution in [0.4, 0.5) is 0 Å². The summed E-state index contributed by atoms with van der Waals surface area (Å²) in [7, 11) is 1.68. The number of methoxy groups -OCH3 is 1. The van der Waals surface area contributed by atoms with Crippen LogP contribution in [0.1, 0.15) is 69.2 Å². The van der Waals surface area contributed by atoms with Gasteiger partial charge >= 0.3 is 0 Å². The number of likely N-dealkylation sites (tertiary alicyclic amines) is 1. The van der Waals surface area contributed by atoms with E-state index in [1.165, 1.54) is 0 Å². The van der Waals surface area contributed by atoms with Gasteiger partial charge in [-0.3, -0.25) is 9.59 Å². The predicted octanol–water partition coefficient (Wildman–Crippen LogP) is 2.97. The van der Waals surface area contributed by atoms with Gasteiger partial charge in [-0.2, -0.15) is 0 Å². The van der Waals surface area contributed by atoms with Crippen molar-refractivity contribution in [2.45, 2.75) is 70.9 Å². The van der Waals surface area contributed by atoms with Crippen molar-refractivity contribution < 1.29 is 24.2 Å². The smallest absolute Gasteiger partial charge is 0.255 e. The SMILES string of the molecule is COCCCCOc1ccccc1C(=O)NCC(CC(N)C(O)CN1CCCCCC1=O)C(C)C. The Hall–Kier alpha value is -2.16. The molecule has 0 spiro atoms. The second kappa shape index (κ2) is 15.8. The monoisotopic (exact) mass is 491 g/mol. The number of para-hydroxylation sites is 1. The Morgan fingerprint density at radius 3 is 2.66 bits per heavy atom. The van der Waals surface area contributed by atoms with Gasteiger partial charge in [-0.05, 0) is 56.1 Å². The molecule has 8 nitrogen and oxygen atoms in total. The van der Waals surface area contributed by atoms with Crippen LogP contribution in [0.3, 0.4) is 0 Å². The molecule has 0 radical (unpaired) electrons. The van der Waals surface area contributed by atoms with Crippen LogP contribution in [0.2, 0.25) is 0 Å². The lowest BCUT2D eigenvalue weighted by atomic mass is 9.87. The van der Waals surface area contributed by atoms with Gasteiger partial charge in [-0.25, -0.2) is 0 Å². The molecule has 0 aliphatic carbocycles. The van der Waals surface area contributed by atoms with Gasteiger partial charge in [0, 0.05) is 45.8 Å². The van der Waals surface area contributed by atoms with Crippen LogP contribution in [-0.4, -0.2) is 73.9 Å². The number of β-amino-alcohol motifs (C(OH)–C–C–N with tert-alkyl or cyclic N) is 1. The van der Waals surface area contributed by atoms with Crippen LogP contribution in [0, 0.1) is 11.8 Å². The van der Waals surface area contributed by atoms with E-state index in [1.807, 2.05) is 18.2 Å². The van der Waals surface area contributed by atoms with Gasteiger partial charge in [-0.15, -0.1) is 0 Å². The second-order valence-corrected chi connectivity index (χ2v) is 9.88. The number of aliphatic hydroxyl groups is 1. The van der Waals surface area contributed by atoms with Crippen molar-refractivity contribution in [1.29, 1.82) is 0 Å². The standard InChI is InChI=1S/C27H45N3O5/c1-20(2)21(17-23(28)24(31)19-30-14-8-4-5-13-26(30)32)18-29-27(33)22-11-6-7-12-25(22)35-16-10-9-15-34-3/h6-7,11-12,20-21,23-24,31H,4-5,8-10,13-19,28H2,1-3H3,(H,29,33). The minimum Gasteiger partial charge on any atom is -0.493 e. The van der Waals surface area contributed by atoms with E-state index in [2.05, 4.69) is 19.2 Å². The highest BCUT2D eigenvalue weighted by atomic mass is 16.5. The molecule has 3 atom stereocenters. The number of unbranched alkanes of at least 4 members (excludes halogenated alkanes) is 1. The summed E-state index contributed by atoms with van der Waals surface area (Å²) in [6, 6.07) is 6.77. The average Bonchev–Trinajstić information content (AvgIpc) is 3.05. The predicted molar refractivity (Wildman–Crippen MR) is 137 cm³/mol. The molecular formula is C27H45N3O5. The average molecular weight is 492 g/mol. The maximum Gasteiger partial charge on any atom is 0.255 e. The highest BCUT2D eigenvalue weighted by Crippen LogP contribution is 2.21. The number of hydrogen-bond acceptors (Lipinski definition) is 6. The number of nitrogens with one attached hydrogen (secondary N) is 1. The molecule has 35 heavy (non-hydrogen) atoms. The molecular weight excluding hydrogens is 446 g/mol. The van der Waals surface area contributed by atoms with Crippen molar-refractivity contribution in [3.63, 3.8) is 0 Å². The van der Waals surface area contributed by atoms with Gasteiger partial charge in [-0.1, -0.05) is 32.4 Å². The summed E-state index contributed by atoms with van der Waals surface area (Å²) in [5, 5.41) is 13.7. The molecule has 198 valence electrons. The van der Waals surface area contributed by atoms with Gasteiger partial charge in [0.2, 0.25) is 5.91 Å². The van der Waals surface area contributed by atoms with Crippen molar-refractivity contribution >= 4 is 11.8 Å². The van der Waals surface area contributed by atoms with Gasteiger partial charge in [0.1, 0.15) is 5.75 Å². The highest BCUT2D eigenvalue weighted by molar-refractivity contribution is 5.96. The Balaban J connectivity index is 1.88. The molecule has 1 aromatic carbocycles. The number of carbonyl (C=O) groups is 2. The summed E-state index contributed by atoms with van der Waals surface area (Å²) in [5.41, 5.74) is 6.86. The van der Waals surface area contributed by atoms with E-state index < -0.39 is 12.1 Å². The maximum absolute atomic E-state index is 12.9. The van der Waals surface area contributed by atoms with E-state index in [4.69, 9.17) is 15.2 Å². The number of ether oxygens (including phenoxy) is 2. The maximum atomic E-state index is 12.9. The first-order valence-electron chi connectivity index (χ1n) is 13.0.